The number of rotatable bonds is 7. The van der Waals surface area contributed by atoms with Gasteiger partial charge in [-0.15, -0.1) is 0 Å². The Kier molecular flexibility index (Phi) is 6.12. The lowest BCUT2D eigenvalue weighted by atomic mass is 9.72. The number of aromatic amines is 1. The maximum absolute atomic E-state index is 13.8. The van der Waals surface area contributed by atoms with Crippen molar-refractivity contribution in [2.75, 3.05) is 7.11 Å². The minimum absolute atomic E-state index is 0.113. The highest BCUT2D eigenvalue weighted by atomic mass is 28.3. The number of H-pyrrole nitrogens is 1. The van der Waals surface area contributed by atoms with E-state index in [4.69, 9.17) is 4.74 Å². The van der Waals surface area contributed by atoms with E-state index in [0.717, 1.165) is 22.5 Å². The van der Waals surface area contributed by atoms with Crippen molar-refractivity contribution in [2.24, 2.45) is 5.92 Å². The van der Waals surface area contributed by atoms with Crippen LogP contribution in [0.2, 0.25) is 22.7 Å². The van der Waals surface area contributed by atoms with Gasteiger partial charge in [0.2, 0.25) is 5.78 Å². The molecule has 0 saturated carbocycles. The third-order valence-electron chi connectivity index (χ3n) is 8.43. The summed E-state index contributed by atoms with van der Waals surface area (Å²) in [6.07, 6.45) is 2.04. The van der Waals surface area contributed by atoms with Gasteiger partial charge in [0.25, 0.3) is 0 Å². The van der Waals surface area contributed by atoms with Crippen molar-refractivity contribution in [1.82, 2.24) is 4.98 Å². The van der Waals surface area contributed by atoms with Gasteiger partial charge in [0.15, 0.2) is 5.76 Å². The van der Waals surface area contributed by atoms with Gasteiger partial charge in [-0.3, -0.25) is 4.79 Å². The van der Waals surface area contributed by atoms with Gasteiger partial charge in [-0.1, -0.05) is 83.3 Å². The van der Waals surface area contributed by atoms with Crippen LogP contribution in [0.3, 0.4) is 0 Å². The third kappa shape index (κ3) is 3.10. The largest absolute Gasteiger partial charge is 0.493 e. The van der Waals surface area contributed by atoms with E-state index < -0.39 is 13.5 Å². The van der Waals surface area contributed by atoms with E-state index in [0.29, 0.717) is 22.4 Å². The highest BCUT2D eigenvalue weighted by Crippen LogP contribution is 2.54. The number of nitrogens with one attached hydrogen (secondary N) is 1. The Morgan fingerprint density at radius 1 is 1.07 bits per heavy atom. The standard InChI is InChI=1S/C26H39NO2Si/c1-16(2)30(17(3)4,18(5)6)15-21-19(7)26(8,25(28)24(21)29-9)22-14-27-23-13-11-10-12-20(22)23/h10-14,16-19,27H,15H2,1-9H3/t19-,26-/m1/s1. The predicted molar refractivity (Wildman–Crippen MR) is 130 cm³/mol. The number of benzene rings is 1. The van der Waals surface area contributed by atoms with Gasteiger partial charge >= 0.3 is 0 Å². The molecular formula is C26H39NO2Si. The Bertz CT molecular complexity index is 947. The molecule has 0 spiro atoms. The summed E-state index contributed by atoms with van der Waals surface area (Å²) in [5, 5.41) is 1.14. The lowest BCUT2D eigenvalue weighted by Gasteiger charge is -2.44. The van der Waals surface area contributed by atoms with E-state index in [2.05, 4.69) is 72.5 Å². The minimum atomic E-state index is -1.72. The summed E-state index contributed by atoms with van der Waals surface area (Å²) in [5.74, 6) is 0.868. The van der Waals surface area contributed by atoms with Crippen LogP contribution in [0.5, 0.6) is 0 Å². The first-order valence-corrected chi connectivity index (χ1v) is 13.9. The lowest BCUT2D eigenvalue weighted by molar-refractivity contribution is -0.122. The summed E-state index contributed by atoms with van der Waals surface area (Å²) in [5.41, 5.74) is 4.74. The molecule has 164 valence electrons. The van der Waals surface area contributed by atoms with Crippen LogP contribution < -0.4 is 0 Å². The molecule has 0 saturated heterocycles. The second-order valence-electron chi connectivity index (χ2n) is 10.3. The maximum atomic E-state index is 13.8. The number of para-hydroxylation sites is 1. The Morgan fingerprint density at radius 3 is 2.17 bits per heavy atom. The molecule has 0 unspecified atom stereocenters. The summed E-state index contributed by atoms with van der Waals surface area (Å²) in [6.45, 7) is 18.7. The molecule has 0 bridgehead atoms. The number of hydrogen-bond donors (Lipinski definition) is 1. The Labute approximate surface area is 183 Å². The Balaban J connectivity index is 2.14. The highest BCUT2D eigenvalue weighted by molar-refractivity contribution is 6.84. The molecule has 30 heavy (non-hydrogen) atoms. The van der Waals surface area contributed by atoms with Crippen LogP contribution in [0.15, 0.2) is 41.8 Å². The monoisotopic (exact) mass is 425 g/mol. The number of methoxy groups -OCH3 is 1. The summed E-state index contributed by atoms with van der Waals surface area (Å²) in [6, 6.07) is 9.31. The van der Waals surface area contributed by atoms with Gasteiger partial charge in [-0.25, -0.2) is 0 Å². The van der Waals surface area contributed by atoms with Crippen LogP contribution in [-0.4, -0.2) is 26.0 Å². The molecule has 1 heterocycles. The van der Waals surface area contributed by atoms with Crippen molar-refractivity contribution in [3.63, 3.8) is 0 Å². The molecule has 0 amide bonds. The second-order valence-corrected chi connectivity index (χ2v) is 16.4. The molecule has 3 rings (SSSR count). The smallest absolute Gasteiger partial charge is 0.208 e. The molecule has 4 heteroatoms. The van der Waals surface area contributed by atoms with Crippen LogP contribution in [0.1, 0.15) is 61.0 Å². The van der Waals surface area contributed by atoms with E-state index >= 15 is 0 Å². The zero-order valence-corrected chi connectivity index (χ0v) is 21.2. The topological polar surface area (TPSA) is 42.1 Å². The predicted octanol–water partition coefficient (Wildman–Crippen LogP) is 7.22. The van der Waals surface area contributed by atoms with Crippen LogP contribution >= 0.6 is 0 Å². The third-order valence-corrected chi connectivity index (χ3v) is 15.9. The maximum Gasteiger partial charge on any atom is 0.208 e. The summed E-state index contributed by atoms with van der Waals surface area (Å²) < 4.78 is 5.84. The molecular weight excluding hydrogens is 386 g/mol. The molecule has 0 radical (unpaired) electrons. The van der Waals surface area contributed by atoms with E-state index in [-0.39, 0.29) is 11.7 Å². The van der Waals surface area contributed by atoms with Gasteiger partial charge in [0, 0.05) is 17.1 Å². The quantitative estimate of drug-likeness (QED) is 0.476. The molecule has 2 aromatic rings. The summed E-state index contributed by atoms with van der Waals surface area (Å²) >= 11 is 0. The molecule has 1 aliphatic rings. The fraction of sp³-hybridized carbons (Fsp3) is 0.577. The van der Waals surface area contributed by atoms with Crippen molar-refractivity contribution in [1.29, 1.82) is 0 Å². The SMILES string of the molecule is COC1=C(C[Si](C(C)C)(C(C)C)C(C)C)[C@@H](C)[C@](C)(c2c[nH]c3ccccc23)C1=O. The molecule has 1 aliphatic carbocycles. The Hall–Kier alpha value is -1.81. The molecule has 2 atom stereocenters. The number of Topliss-reactive ketones (excluding diaryl/α,β-unsaturated/α-hetero) is 1. The second kappa shape index (κ2) is 8.03. The first-order chi connectivity index (χ1) is 14.0. The zero-order chi connectivity index (χ0) is 22.4. The molecule has 1 aromatic heterocycles. The van der Waals surface area contributed by atoms with Crippen LogP contribution in [0, 0.1) is 5.92 Å². The number of carbonyl (C=O) groups excluding carboxylic acids is 1. The van der Waals surface area contributed by atoms with E-state index in [9.17, 15) is 4.79 Å². The van der Waals surface area contributed by atoms with E-state index in [1.165, 1.54) is 5.57 Å². The van der Waals surface area contributed by atoms with Crippen LogP contribution in [0.25, 0.3) is 10.9 Å². The number of allylic oxidation sites excluding steroid dienone is 2. The number of hydrogen-bond acceptors (Lipinski definition) is 2. The molecule has 3 nitrogen and oxygen atoms in total. The van der Waals surface area contributed by atoms with Crippen molar-refractivity contribution in [2.45, 2.75) is 83.5 Å². The van der Waals surface area contributed by atoms with Crippen molar-refractivity contribution >= 4 is 24.8 Å². The van der Waals surface area contributed by atoms with Gasteiger partial charge in [0.1, 0.15) is 0 Å². The molecule has 1 aromatic carbocycles. The van der Waals surface area contributed by atoms with Crippen LogP contribution in [0.4, 0.5) is 0 Å². The van der Waals surface area contributed by atoms with Crippen molar-refractivity contribution in [3.8, 4) is 0 Å². The van der Waals surface area contributed by atoms with Gasteiger partial charge in [0.05, 0.1) is 20.6 Å². The van der Waals surface area contributed by atoms with Gasteiger partial charge in [-0.05, 0) is 36.1 Å². The van der Waals surface area contributed by atoms with Crippen LogP contribution in [-0.2, 0) is 14.9 Å². The fourth-order valence-corrected chi connectivity index (χ4v) is 12.7. The molecule has 0 aliphatic heterocycles. The number of carbonyl (C=O) groups is 1. The normalized spacial score (nSPS) is 22.9. The number of ketones is 1. The van der Waals surface area contributed by atoms with E-state index in [1.807, 2.05) is 18.3 Å². The highest BCUT2D eigenvalue weighted by Gasteiger charge is 2.55. The van der Waals surface area contributed by atoms with Crippen molar-refractivity contribution < 1.29 is 9.53 Å². The minimum Gasteiger partial charge on any atom is -0.493 e. The first kappa shape index (κ1) is 22.9. The summed E-state index contributed by atoms with van der Waals surface area (Å²) in [7, 11) is -0.0501. The lowest BCUT2D eigenvalue weighted by Crippen LogP contribution is -2.45. The molecule has 1 N–H and O–H groups in total. The first-order valence-electron chi connectivity index (χ1n) is 11.4. The van der Waals surface area contributed by atoms with Gasteiger partial charge < -0.3 is 9.72 Å². The van der Waals surface area contributed by atoms with Gasteiger partial charge in [-0.2, -0.15) is 0 Å². The Morgan fingerprint density at radius 2 is 1.63 bits per heavy atom. The number of aromatic nitrogens is 1. The van der Waals surface area contributed by atoms with E-state index in [1.54, 1.807) is 7.11 Å². The zero-order valence-electron chi connectivity index (χ0n) is 20.2. The summed E-state index contributed by atoms with van der Waals surface area (Å²) in [4.78, 5) is 17.2. The fourth-order valence-electron chi connectivity index (χ4n) is 6.38. The van der Waals surface area contributed by atoms with Crippen molar-refractivity contribution in [3.05, 3.63) is 47.4 Å². The number of fused-ring (bicyclic) bond motifs is 1. The molecule has 0 fully saturated rings. The average molecular weight is 426 g/mol. The average Bonchev–Trinajstić information content (AvgIpc) is 3.19. The number of ether oxygens (including phenoxy) is 1.